The molecule has 1 fully saturated rings. The number of nitrogens with zero attached hydrogens (tertiary/aromatic N) is 1. The van der Waals surface area contributed by atoms with Crippen molar-refractivity contribution in [3.63, 3.8) is 0 Å². The summed E-state index contributed by atoms with van der Waals surface area (Å²) in [6.45, 7) is 3.77. The van der Waals surface area contributed by atoms with Gasteiger partial charge in [-0.15, -0.1) is 11.8 Å². The van der Waals surface area contributed by atoms with E-state index >= 15 is 0 Å². The van der Waals surface area contributed by atoms with Crippen molar-refractivity contribution in [3.05, 3.63) is 29.3 Å². The lowest BCUT2D eigenvalue weighted by Gasteiger charge is -2.20. The molecule has 1 heterocycles. The Kier molecular flexibility index (Phi) is 4.54. The molecule has 0 spiro atoms. The summed E-state index contributed by atoms with van der Waals surface area (Å²) in [5.74, 6) is 0.247. The van der Waals surface area contributed by atoms with Crippen LogP contribution in [-0.2, 0) is 9.59 Å². The molecule has 1 aliphatic rings. The first-order chi connectivity index (χ1) is 9.49. The number of benzene rings is 1. The predicted molar refractivity (Wildman–Crippen MR) is 77.0 cm³/mol. The molecule has 1 aromatic rings. The van der Waals surface area contributed by atoms with E-state index in [1.165, 1.54) is 16.7 Å². The minimum atomic E-state index is -0.963. The van der Waals surface area contributed by atoms with E-state index < -0.39 is 12.0 Å². The van der Waals surface area contributed by atoms with Crippen LogP contribution in [0.2, 0.25) is 0 Å². The van der Waals surface area contributed by atoms with Crippen molar-refractivity contribution in [3.8, 4) is 5.75 Å². The molecule has 0 saturated carbocycles. The molecule has 0 aromatic heterocycles. The number of aliphatic carboxylic acids is 1. The van der Waals surface area contributed by atoms with Gasteiger partial charge in [0, 0.05) is 5.75 Å². The van der Waals surface area contributed by atoms with Crippen LogP contribution < -0.4 is 4.74 Å². The zero-order valence-corrected chi connectivity index (χ0v) is 12.3. The lowest BCUT2D eigenvalue weighted by molar-refractivity contribution is -0.148. The van der Waals surface area contributed by atoms with Gasteiger partial charge in [0.25, 0.3) is 5.91 Å². The standard InChI is InChI=1S/C14H17NO4S/c1-9-3-4-12(10(2)5-9)19-6-13(16)15-8-20-7-11(15)14(17)18/h3-5,11H,6-8H2,1-2H3,(H,17,18)/t11-/m0/s1. The number of rotatable bonds is 4. The van der Waals surface area contributed by atoms with Crippen molar-refractivity contribution in [1.29, 1.82) is 0 Å². The Morgan fingerprint density at radius 1 is 1.45 bits per heavy atom. The number of hydrogen-bond acceptors (Lipinski definition) is 4. The molecule has 0 bridgehead atoms. The third kappa shape index (κ3) is 3.25. The smallest absolute Gasteiger partial charge is 0.327 e. The number of amides is 1. The fourth-order valence-electron chi connectivity index (χ4n) is 2.08. The van der Waals surface area contributed by atoms with E-state index in [1.54, 1.807) is 0 Å². The summed E-state index contributed by atoms with van der Waals surface area (Å²) in [5.41, 5.74) is 2.09. The Morgan fingerprint density at radius 2 is 2.20 bits per heavy atom. The number of aryl methyl sites for hydroxylation is 2. The van der Waals surface area contributed by atoms with Gasteiger partial charge in [0.1, 0.15) is 11.8 Å². The van der Waals surface area contributed by atoms with E-state index in [9.17, 15) is 9.59 Å². The van der Waals surface area contributed by atoms with Gasteiger partial charge in [-0.05, 0) is 25.5 Å². The Hall–Kier alpha value is -1.69. The number of thioether (sulfide) groups is 1. The van der Waals surface area contributed by atoms with Crippen LogP contribution >= 0.6 is 11.8 Å². The lowest BCUT2D eigenvalue weighted by Crippen LogP contribution is -2.43. The third-order valence-electron chi connectivity index (χ3n) is 3.17. The van der Waals surface area contributed by atoms with E-state index in [4.69, 9.17) is 9.84 Å². The molecule has 0 unspecified atom stereocenters. The van der Waals surface area contributed by atoms with Gasteiger partial charge in [-0.2, -0.15) is 0 Å². The highest BCUT2D eigenvalue weighted by molar-refractivity contribution is 7.99. The zero-order valence-electron chi connectivity index (χ0n) is 11.5. The normalized spacial score (nSPS) is 18.1. The van der Waals surface area contributed by atoms with Gasteiger partial charge in [-0.3, -0.25) is 4.79 Å². The minimum Gasteiger partial charge on any atom is -0.483 e. The van der Waals surface area contributed by atoms with E-state index in [2.05, 4.69) is 0 Å². The predicted octanol–water partition coefficient (Wildman–Crippen LogP) is 1.67. The first-order valence-electron chi connectivity index (χ1n) is 6.29. The molecule has 6 heteroatoms. The van der Waals surface area contributed by atoms with E-state index in [0.29, 0.717) is 17.4 Å². The SMILES string of the molecule is Cc1ccc(OCC(=O)N2CSC[C@H]2C(=O)O)c(C)c1. The first-order valence-corrected chi connectivity index (χ1v) is 7.44. The number of ether oxygens (including phenoxy) is 1. The summed E-state index contributed by atoms with van der Waals surface area (Å²) in [7, 11) is 0. The molecule has 0 radical (unpaired) electrons. The maximum atomic E-state index is 12.0. The average molecular weight is 295 g/mol. The summed E-state index contributed by atoms with van der Waals surface area (Å²) >= 11 is 1.44. The maximum absolute atomic E-state index is 12.0. The highest BCUT2D eigenvalue weighted by atomic mass is 32.2. The molecule has 1 N–H and O–H groups in total. The van der Waals surface area contributed by atoms with Crippen molar-refractivity contribution in [2.24, 2.45) is 0 Å². The second-order valence-electron chi connectivity index (χ2n) is 4.78. The van der Waals surface area contributed by atoms with Gasteiger partial charge < -0.3 is 14.7 Å². The van der Waals surface area contributed by atoms with E-state index in [-0.39, 0.29) is 12.5 Å². The lowest BCUT2D eigenvalue weighted by atomic mass is 10.1. The van der Waals surface area contributed by atoms with Crippen molar-refractivity contribution < 1.29 is 19.4 Å². The van der Waals surface area contributed by atoms with Gasteiger partial charge in [0.2, 0.25) is 0 Å². The van der Waals surface area contributed by atoms with E-state index in [1.807, 2.05) is 32.0 Å². The third-order valence-corrected chi connectivity index (χ3v) is 4.18. The number of hydrogen-bond donors (Lipinski definition) is 1. The van der Waals surface area contributed by atoms with Crippen LogP contribution in [0.5, 0.6) is 5.75 Å². The maximum Gasteiger partial charge on any atom is 0.327 e. The average Bonchev–Trinajstić information content (AvgIpc) is 2.86. The Bertz CT molecular complexity index is 532. The number of carbonyl (C=O) groups excluding carboxylic acids is 1. The molecule has 1 atom stereocenters. The van der Waals surface area contributed by atoms with Crippen LogP contribution in [0.1, 0.15) is 11.1 Å². The van der Waals surface area contributed by atoms with Crippen molar-refractivity contribution in [2.45, 2.75) is 19.9 Å². The molecular weight excluding hydrogens is 278 g/mol. The monoisotopic (exact) mass is 295 g/mol. The first kappa shape index (κ1) is 14.7. The quantitative estimate of drug-likeness (QED) is 0.915. The number of carboxylic acid groups (broad SMARTS) is 1. The van der Waals surface area contributed by atoms with Gasteiger partial charge in [-0.1, -0.05) is 17.7 Å². The Labute approximate surface area is 121 Å². The second kappa shape index (κ2) is 6.17. The minimum absolute atomic E-state index is 0.131. The molecule has 20 heavy (non-hydrogen) atoms. The van der Waals surface area contributed by atoms with Crippen LogP contribution in [0.25, 0.3) is 0 Å². The zero-order chi connectivity index (χ0) is 14.7. The van der Waals surface area contributed by atoms with Crippen LogP contribution in [-0.4, -0.2) is 46.2 Å². The molecular formula is C14H17NO4S. The Balaban J connectivity index is 1.96. The van der Waals surface area contributed by atoms with Crippen LogP contribution in [0.4, 0.5) is 0 Å². The molecule has 1 saturated heterocycles. The van der Waals surface area contributed by atoms with Crippen LogP contribution in [0, 0.1) is 13.8 Å². The van der Waals surface area contributed by atoms with Gasteiger partial charge >= 0.3 is 5.97 Å². The topological polar surface area (TPSA) is 66.8 Å². The highest BCUT2D eigenvalue weighted by Gasteiger charge is 2.34. The van der Waals surface area contributed by atoms with Crippen LogP contribution in [0.15, 0.2) is 18.2 Å². The second-order valence-corrected chi connectivity index (χ2v) is 5.77. The van der Waals surface area contributed by atoms with Crippen LogP contribution in [0.3, 0.4) is 0 Å². The molecule has 5 nitrogen and oxygen atoms in total. The molecule has 1 aliphatic heterocycles. The van der Waals surface area contributed by atoms with Gasteiger partial charge in [-0.25, -0.2) is 4.79 Å². The summed E-state index contributed by atoms with van der Waals surface area (Å²) in [6, 6.07) is 4.98. The highest BCUT2D eigenvalue weighted by Crippen LogP contribution is 2.22. The fourth-order valence-corrected chi connectivity index (χ4v) is 3.25. The molecule has 2 rings (SSSR count). The van der Waals surface area contributed by atoms with Crippen molar-refractivity contribution in [2.75, 3.05) is 18.2 Å². The molecule has 0 aliphatic carbocycles. The molecule has 108 valence electrons. The van der Waals surface area contributed by atoms with Crippen molar-refractivity contribution in [1.82, 2.24) is 4.90 Å². The Morgan fingerprint density at radius 3 is 2.85 bits per heavy atom. The largest absolute Gasteiger partial charge is 0.483 e. The molecule has 1 aromatic carbocycles. The van der Waals surface area contributed by atoms with E-state index in [0.717, 1.165) is 11.1 Å². The molecule has 1 amide bonds. The van der Waals surface area contributed by atoms with Gasteiger partial charge in [0.15, 0.2) is 6.61 Å². The summed E-state index contributed by atoms with van der Waals surface area (Å²) in [6.07, 6.45) is 0. The summed E-state index contributed by atoms with van der Waals surface area (Å²) in [5, 5.41) is 9.04. The summed E-state index contributed by atoms with van der Waals surface area (Å²) in [4.78, 5) is 24.4. The summed E-state index contributed by atoms with van der Waals surface area (Å²) < 4.78 is 5.50. The van der Waals surface area contributed by atoms with Gasteiger partial charge in [0.05, 0.1) is 5.88 Å². The number of carbonyl (C=O) groups is 2. The fraction of sp³-hybridized carbons (Fsp3) is 0.429. The number of carboxylic acids is 1. The van der Waals surface area contributed by atoms with Crippen molar-refractivity contribution >= 4 is 23.6 Å².